The first kappa shape index (κ1) is 32.8. The van der Waals surface area contributed by atoms with Crippen LogP contribution in [-0.4, -0.2) is 49.0 Å². The number of hydrogen-bond donors (Lipinski definition) is 4. The number of carbonyl (C=O) groups excluding carboxylic acids is 1. The molecule has 0 atom stereocenters. The molecule has 9 nitrogen and oxygen atoms in total. The highest BCUT2D eigenvalue weighted by atomic mass is 19.4. The van der Waals surface area contributed by atoms with Gasteiger partial charge in [0.05, 0.1) is 5.52 Å². The number of nitrogens with zero attached hydrogens (tertiary/aromatic N) is 3. The van der Waals surface area contributed by atoms with E-state index in [9.17, 15) is 18.0 Å². The Morgan fingerprint density at radius 1 is 0.957 bits per heavy atom. The van der Waals surface area contributed by atoms with Crippen LogP contribution in [0.15, 0.2) is 60.7 Å². The molecule has 3 aromatic carbocycles. The van der Waals surface area contributed by atoms with Gasteiger partial charge in [-0.25, -0.2) is 9.78 Å². The van der Waals surface area contributed by atoms with Crippen LogP contribution in [0, 0.1) is 19.8 Å². The number of para-hydroxylation sites is 1. The summed E-state index contributed by atoms with van der Waals surface area (Å²) in [4.78, 5) is 24.4. The van der Waals surface area contributed by atoms with Crippen LogP contribution in [0.2, 0.25) is 0 Å². The lowest BCUT2D eigenvalue weighted by molar-refractivity contribution is -0.274. The molecular weight excluding hydrogens is 595 g/mol. The van der Waals surface area contributed by atoms with Gasteiger partial charge in [-0.2, -0.15) is 4.98 Å². The molecule has 0 radical (unpaired) electrons. The number of aromatic nitrogens is 2. The summed E-state index contributed by atoms with van der Waals surface area (Å²) in [5, 5.41) is 13.8. The third-order valence-electron chi connectivity index (χ3n) is 8.08. The first-order valence-electron chi connectivity index (χ1n) is 15.4. The molecule has 4 aromatic rings. The van der Waals surface area contributed by atoms with Crippen molar-refractivity contribution in [3.8, 4) is 5.75 Å². The zero-order chi connectivity index (χ0) is 32.8. The Balaban J connectivity index is 1.12. The van der Waals surface area contributed by atoms with E-state index >= 15 is 0 Å². The lowest BCUT2D eigenvalue weighted by Gasteiger charge is -2.29. The van der Waals surface area contributed by atoms with E-state index < -0.39 is 12.4 Å². The fourth-order valence-electron chi connectivity index (χ4n) is 5.96. The van der Waals surface area contributed by atoms with Crippen LogP contribution in [0.5, 0.6) is 5.75 Å². The molecule has 0 unspecified atom stereocenters. The van der Waals surface area contributed by atoms with Gasteiger partial charge in [-0.1, -0.05) is 29.8 Å². The Kier molecular flexibility index (Phi) is 10.2. The Morgan fingerprint density at radius 3 is 2.37 bits per heavy atom. The highest BCUT2D eigenvalue weighted by molar-refractivity contribution is 6.00. The summed E-state index contributed by atoms with van der Waals surface area (Å²) in [5.41, 5.74) is 4.93. The molecular formula is C34H40F3N7O2. The second-order valence-electron chi connectivity index (χ2n) is 12.0. The SMILES string of the molecule is Cc1cc(C)c(NC(=O)Nc2ccc(OC(F)(F)F)cc2)c(CNC[C@H]2CC[C@@H](Nc3nc(N(C)C)c4ccccc4n3)CC2)c1. The van der Waals surface area contributed by atoms with Crippen molar-refractivity contribution < 1.29 is 22.7 Å². The van der Waals surface area contributed by atoms with Gasteiger partial charge in [-0.15, -0.1) is 13.2 Å². The number of urea groups is 1. The van der Waals surface area contributed by atoms with Crippen molar-refractivity contribution in [1.29, 1.82) is 0 Å². The van der Waals surface area contributed by atoms with E-state index in [4.69, 9.17) is 9.97 Å². The average Bonchev–Trinajstić information content (AvgIpc) is 2.99. The molecule has 244 valence electrons. The first-order chi connectivity index (χ1) is 21.9. The standard InChI is InChI=1S/C34H40F3N7O2/c1-21-17-22(2)30(42-33(45)40-26-13-15-27(16-14-26)46-34(35,36)37)24(18-21)20-38-19-23-9-11-25(12-10-23)39-32-41-29-8-6-5-7-28(29)31(43-32)44(3)4/h5-8,13-18,23,25,38H,9-12,19-20H2,1-4H3,(H,39,41,43)(H2,40,42,45)/t23-,25+. The number of amides is 2. The van der Waals surface area contributed by atoms with Gasteiger partial charge in [-0.05, 0) is 99.5 Å². The maximum absolute atomic E-state index is 12.8. The topological polar surface area (TPSA) is 103 Å². The van der Waals surface area contributed by atoms with Crippen LogP contribution < -0.4 is 30.9 Å². The second kappa shape index (κ2) is 14.2. The maximum atomic E-state index is 12.8. The predicted molar refractivity (Wildman–Crippen MR) is 177 cm³/mol. The third-order valence-corrected chi connectivity index (χ3v) is 8.08. The molecule has 12 heteroatoms. The van der Waals surface area contributed by atoms with Gasteiger partial charge in [0, 0.05) is 43.4 Å². The Morgan fingerprint density at radius 2 is 1.67 bits per heavy atom. The van der Waals surface area contributed by atoms with Crippen LogP contribution in [0.4, 0.5) is 41.1 Å². The average molecular weight is 636 g/mol. The van der Waals surface area contributed by atoms with Crippen molar-refractivity contribution >= 4 is 40.1 Å². The molecule has 0 aliphatic heterocycles. The first-order valence-corrected chi connectivity index (χ1v) is 15.4. The lowest BCUT2D eigenvalue weighted by atomic mass is 9.86. The molecule has 1 heterocycles. The summed E-state index contributed by atoms with van der Waals surface area (Å²) < 4.78 is 41.2. The van der Waals surface area contributed by atoms with Crippen molar-refractivity contribution in [2.45, 2.75) is 58.5 Å². The van der Waals surface area contributed by atoms with Crippen molar-refractivity contribution in [2.24, 2.45) is 5.92 Å². The highest BCUT2D eigenvalue weighted by Crippen LogP contribution is 2.29. The fraction of sp³-hybridized carbons (Fsp3) is 0.382. The van der Waals surface area contributed by atoms with E-state index in [2.05, 4.69) is 26.0 Å². The van der Waals surface area contributed by atoms with E-state index in [0.717, 1.165) is 77.8 Å². The minimum Gasteiger partial charge on any atom is -0.406 e. The lowest BCUT2D eigenvalue weighted by Crippen LogP contribution is -2.32. The number of nitrogens with one attached hydrogen (secondary N) is 4. The van der Waals surface area contributed by atoms with Gasteiger partial charge < -0.3 is 30.9 Å². The summed E-state index contributed by atoms with van der Waals surface area (Å²) in [5.74, 6) is 1.74. The van der Waals surface area contributed by atoms with Gasteiger partial charge in [0.15, 0.2) is 0 Å². The number of aryl methyl sites for hydroxylation is 2. The molecule has 4 N–H and O–H groups in total. The van der Waals surface area contributed by atoms with E-state index in [0.29, 0.717) is 35.8 Å². The van der Waals surface area contributed by atoms with Gasteiger partial charge >= 0.3 is 12.4 Å². The van der Waals surface area contributed by atoms with Gasteiger partial charge in [-0.3, -0.25) is 0 Å². The number of rotatable bonds is 10. The van der Waals surface area contributed by atoms with Crippen LogP contribution in [0.3, 0.4) is 0 Å². The molecule has 1 aliphatic rings. The van der Waals surface area contributed by atoms with Gasteiger partial charge in [0.2, 0.25) is 5.95 Å². The van der Waals surface area contributed by atoms with Gasteiger partial charge in [0.25, 0.3) is 0 Å². The number of carbonyl (C=O) groups is 1. The zero-order valence-electron chi connectivity index (χ0n) is 26.5. The summed E-state index contributed by atoms with van der Waals surface area (Å²) in [6.45, 7) is 5.39. The van der Waals surface area contributed by atoms with E-state index in [1.165, 1.54) is 12.1 Å². The summed E-state index contributed by atoms with van der Waals surface area (Å²) in [7, 11) is 3.98. The molecule has 0 saturated heterocycles. The molecule has 0 spiro atoms. The number of benzene rings is 3. The monoisotopic (exact) mass is 635 g/mol. The summed E-state index contributed by atoms with van der Waals surface area (Å²) in [6, 6.07) is 16.9. The molecule has 1 saturated carbocycles. The Bertz CT molecular complexity index is 1650. The Hall–Kier alpha value is -4.58. The molecule has 46 heavy (non-hydrogen) atoms. The number of ether oxygens (including phenoxy) is 1. The molecule has 5 rings (SSSR count). The van der Waals surface area contributed by atoms with Gasteiger partial charge in [0.1, 0.15) is 11.6 Å². The molecule has 1 aliphatic carbocycles. The summed E-state index contributed by atoms with van der Waals surface area (Å²) >= 11 is 0. The molecule has 0 bridgehead atoms. The third kappa shape index (κ3) is 8.78. The molecule has 1 fully saturated rings. The van der Waals surface area contributed by atoms with Crippen LogP contribution in [-0.2, 0) is 6.54 Å². The minimum atomic E-state index is -4.78. The van der Waals surface area contributed by atoms with E-state index in [1.807, 2.05) is 69.2 Å². The number of hydrogen-bond acceptors (Lipinski definition) is 7. The fourth-order valence-corrected chi connectivity index (χ4v) is 5.96. The highest BCUT2D eigenvalue weighted by Gasteiger charge is 2.31. The van der Waals surface area contributed by atoms with E-state index in [-0.39, 0.29) is 5.75 Å². The number of halogens is 3. The maximum Gasteiger partial charge on any atom is 0.573 e. The van der Waals surface area contributed by atoms with E-state index in [1.54, 1.807) is 0 Å². The van der Waals surface area contributed by atoms with Crippen molar-refractivity contribution in [2.75, 3.05) is 41.5 Å². The molecule has 2 amide bonds. The summed E-state index contributed by atoms with van der Waals surface area (Å²) in [6.07, 6.45) is -0.571. The smallest absolute Gasteiger partial charge is 0.406 e. The largest absolute Gasteiger partial charge is 0.573 e. The minimum absolute atomic E-state index is 0.314. The predicted octanol–water partition coefficient (Wildman–Crippen LogP) is 7.62. The quantitative estimate of drug-likeness (QED) is 0.142. The number of alkyl halides is 3. The molecule has 1 aromatic heterocycles. The van der Waals surface area contributed by atoms with Crippen molar-refractivity contribution in [3.63, 3.8) is 0 Å². The van der Waals surface area contributed by atoms with Crippen LogP contribution >= 0.6 is 0 Å². The van der Waals surface area contributed by atoms with Crippen LogP contribution in [0.1, 0.15) is 42.4 Å². The Labute approximate surface area is 267 Å². The van der Waals surface area contributed by atoms with Crippen molar-refractivity contribution in [1.82, 2.24) is 15.3 Å². The van der Waals surface area contributed by atoms with Crippen LogP contribution in [0.25, 0.3) is 10.9 Å². The number of fused-ring (bicyclic) bond motifs is 1. The number of anilines is 4. The second-order valence-corrected chi connectivity index (χ2v) is 12.0. The normalized spacial score (nSPS) is 16.6. The zero-order valence-corrected chi connectivity index (χ0v) is 26.5. The van der Waals surface area contributed by atoms with Crippen molar-refractivity contribution in [3.05, 3.63) is 77.4 Å².